The Morgan fingerprint density at radius 3 is 1.92 bits per heavy atom. The van der Waals surface area contributed by atoms with Crippen LogP contribution >= 0.6 is 0 Å². The number of likely N-dealkylation sites (N-methyl/N-ethyl adjacent to an activating group) is 1. The van der Waals surface area contributed by atoms with E-state index < -0.39 is 17.7 Å². The van der Waals surface area contributed by atoms with Crippen LogP contribution in [0, 0.1) is 0 Å². The highest BCUT2D eigenvalue weighted by Gasteiger charge is 2.44. The molecule has 6 nitrogen and oxygen atoms in total. The third-order valence-corrected chi connectivity index (χ3v) is 4.47. The minimum atomic E-state index is -0.707. The lowest BCUT2D eigenvalue weighted by Gasteiger charge is -2.21. The predicted molar refractivity (Wildman–Crippen MR) is 96.1 cm³/mol. The van der Waals surface area contributed by atoms with E-state index in [0.717, 1.165) is 0 Å². The van der Waals surface area contributed by atoms with Gasteiger partial charge < -0.3 is 19.5 Å². The molecule has 3 rings (SSSR count). The van der Waals surface area contributed by atoms with Gasteiger partial charge in [-0.05, 0) is 42.0 Å². The average molecular weight is 353 g/mol. The standard InChI is InChI=1S/C20H19NO5/c1-21-17(12-4-8-14(25-2)9-5-12)16(19(23)20(21)24)18(22)13-6-10-15(26-3)11-7-13/h4-11,17,22H,1-3H3. The molecule has 0 aromatic heterocycles. The quantitative estimate of drug-likeness (QED) is 0.520. The van der Waals surface area contributed by atoms with Crippen molar-refractivity contribution in [3.8, 4) is 11.5 Å². The maximum atomic E-state index is 12.5. The molecule has 0 saturated carbocycles. The number of aliphatic hydroxyl groups excluding tert-OH is 1. The molecule has 6 heteroatoms. The number of nitrogens with zero attached hydrogens (tertiary/aromatic N) is 1. The number of hydrogen-bond acceptors (Lipinski definition) is 5. The predicted octanol–water partition coefficient (Wildman–Crippen LogP) is 2.76. The summed E-state index contributed by atoms with van der Waals surface area (Å²) in [5, 5.41) is 10.7. The highest BCUT2D eigenvalue weighted by Crippen LogP contribution is 2.38. The Morgan fingerprint density at radius 1 is 0.923 bits per heavy atom. The maximum absolute atomic E-state index is 12.5. The Kier molecular flexibility index (Phi) is 4.67. The normalized spacial score (nSPS) is 18.9. The first-order valence-electron chi connectivity index (χ1n) is 8.01. The number of carbonyl (C=O) groups excluding carboxylic acids is 2. The van der Waals surface area contributed by atoms with Crippen LogP contribution in [0.3, 0.4) is 0 Å². The first-order valence-corrected chi connectivity index (χ1v) is 8.01. The van der Waals surface area contributed by atoms with Crippen LogP contribution in [0.5, 0.6) is 11.5 Å². The number of hydrogen-bond donors (Lipinski definition) is 1. The number of methoxy groups -OCH3 is 2. The van der Waals surface area contributed by atoms with Crippen molar-refractivity contribution in [3.63, 3.8) is 0 Å². The lowest BCUT2D eigenvalue weighted by Crippen LogP contribution is -2.24. The van der Waals surface area contributed by atoms with Gasteiger partial charge in [0.15, 0.2) is 0 Å². The van der Waals surface area contributed by atoms with Crippen LogP contribution in [-0.4, -0.2) is 43.0 Å². The second-order valence-electron chi connectivity index (χ2n) is 5.91. The van der Waals surface area contributed by atoms with Gasteiger partial charge >= 0.3 is 0 Å². The van der Waals surface area contributed by atoms with Crippen LogP contribution in [0.2, 0.25) is 0 Å². The van der Waals surface area contributed by atoms with Crippen LogP contribution < -0.4 is 9.47 Å². The topological polar surface area (TPSA) is 76.1 Å². The van der Waals surface area contributed by atoms with Crippen LogP contribution in [-0.2, 0) is 9.59 Å². The second-order valence-corrected chi connectivity index (χ2v) is 5.91. The van der Waals surface area contributed by atoms with Crippen LogP contribution in [0.1, 0.15) is 17.2 Å². The Balaban J connectivity index is 2.10. The molecule has 1 amide bonds. The SMILES string of the molecule is COc1ccc(C(O)=C2C(=O)C(=O)N(C)C2c2ccc(OC)cc2)cc1. The van der Waals surface area contributed by atoms with Crippen molar-refractivity contribution in [1.29, 1.82) is 0 Å². The molecule has 0 bridgehead atoms. The fraction of sp³-hybridized carbons (Fsp3) is 0.200. The first kappa shape index (κ1) is 17.5. The summed E-state index contributed by atoms with van der Waals surface area (Å²) in [5.74, 6) is -0.278. The number of ether oxygens (including phenoxy) is 2. The number of rotatable bonds is 4. The monoisotopic (exact) mass is 353 g/mol. The summed E-state index contributed by atoms with van der Waals surface area (Å²) in [6.07, 6.45) is 0. The summed E-state index contributed by atoms with van der Waals surface area (Å²) >= 11 is 0. The molecule has 2 aromatic carbocycles. The molecule has 1 aliphatic rings. The smallest absolute Gasteiger partial charge is 0.295 e. The summed E-state index contributed by atoms with van der Waals surface area (Å²) in [7, 11) is 4.65. The van der Waals surface area contributed by atoms with Crippen LogP contribution in [0.25, 0.3) is 5.76 Å². The summed E-state index contributed by atoms with van der Waals surface area (Å²) < 4.78 is 10.2. The Morgan fingerprint density at radius 2 is 1.42 bits per heavy atom. The van der Waals surface area contributed by atoms with Crippen molar-refractivity contribution in [2.75, 3.05) is 21.3 Å². The molecule has 0 radical (unpaired) electrons. The minimum Gasteiger partial charge on any atom is -0.507 e. The van der Waals surface area contributed by atoms with Crippen molar-refractivity contribution in [2.24, 2.45) is 0 Å². The summed E-state index contributed by atoms with van der Waals surface area (Å²) in [5.41, 5.74) is 1.21. The molecule has 0 aliphatic carbocycles. The molecule has 1 fully saturated rings. The highest BCUT2D eigenvalue weighted by molar-refractivity contribution is 6.46. The number of benzene rings is 2. The molecule has 1 heterocycles. The van der Waals surface area contributed by atoms with E-state index in [1.807, 2.05) is 0 Å². The van der Waals surface area contributed by atoms with Gasteiger partial charge in [-0.15, -0.1) is 0 Å². The third-order valence-electron chi connectivity index (χ3n) is 4.47. The fourth-order valence-electron chi connectivity index (χ4n) is 3.03. The zero-order valence-electron chi connectivity index (χ0n) is 14.7. The van der Waals surface area contributed by atoms with Gasteiger partial charge in [0.1, 0.15) is 17.3 Å². The average Bonchev–Trinajstić information content (AvgIpc) is 2.91. The first-order chi connectivity index (χ1) is 12.5. The number of aliphatic hydroxyl groups is 1. The van der Waals surface area contributed by atoms with E-state index >= 15 is 0 Å². The van der Waals surface area contributed by atoms with E-state index in [0.29, 0.717) is 22.6 Å². The van der Waals surface area contributed by atoms with Gasteiger partial charge in [-0.1, -0.05) is 12.1 Å². The maximum Gasteiger partial charge on any atom is 0.295 e. The zero-order valence-corrected chi connectivity index (χ0v) is 14.7. The van der Waals surface area contributed by atoms with Crippen molar-refractivity contribution < 1.29 is 24.2 Å². The van der Waals surface area contributed by atoms with Gasteiger partial charge in [-0.25, -0.2) is 0 Å². The molecule has 2 aromatic rings. The van der Waals surface area contributed by atoms with Crippen molar-refractivity contribution in [1.82, 2.24) is 4.90 Å². The summed E-state index contributed by atoms with van der Waals surface area (Å²) in [6, 6.07) is 13.0. The molecule has 1 saturated heterocycles. The largest absolute Gasteiger partial charge is 0.507 e. The fourth-order valence-corrected chi connectivity index (χ4v) is 3.03. The van der Waals surface area contributed by atoms with Gasteiger partial charge in [-0.3, -0.25) is 9.59 Å². The van der Waals surface area contributed by atoms with Gasteiger partial charge in [0.25, 0.3) is 11.7 Å². The van der Waals surface area contributed by atoms with E-state index in [1.165, 1.54) is 4.90 Å². The second kappa shape index (κ2) is 6.92. The molecular weight excluding hydrogens is 334 g/mol. The lowest BCUT2D eigenvalue weighted by molar-refractivity contribution is -0.139. The number of amides is 1. The lowest BCUT2D eigenvalue weighted by atomic mass is 9.95. The highest BCUT2D eigenvalue weighted by atomic mass is 16.5. The Hall–Kier alpha value is -3.28. The van der Waals surface area contributed by atoms with Crippen LogP contribution in [0.15, 0.2) is 54.1 Å². The van der Waals surface area contributed by atoms with E-state index in [-0.39, 0.29) is 11.3 Å². The molecule has 1 unspecified atom stereocenters. The molecule has 1 atom stereocenters. The molecule has 134 valence electrons. The van der Waals surface area contributed by atoms with E-state index in [1.54, 1.807) is 69.8 Å². The number of Topliss-reactive ketones (excluding diaryl/α,β-unsaturated/α-hetero) is 1. The Bertz CT molecular complexity index is 868. The van der Waals surface area contributed by atoms with Crippen LogP contribution in [0.4, 0.5) is 0 Å². The van der Waals surface area contributed by atoms with E-state index in [2.05, 4.69) is 0 Å². The van der Waals surface area contributed by atoms with Gasteiger partial charge in [-0.2, -0.15) is 0 Å². The molecular formula is C20H19NO5. The minimum absolute atomic E-state index is 0.0628. The summed E-state index contributed by atoms with van der Waals surface area (Å²) in [4.78, 5) is 26.1. The molecule has 0 spiro atoms. The zero-order chi connectivity index (χ0) is 18.8. The Labute approximate surface area is 151 Å². The number of carbonyl (C=O) groups is 2. The van der Waals surface area contributed by atoms with Crippen molar-refractivity contribution in [2.45, 2.75) is 6.04 Å². The third kappa shape index (κ3) is 2.90. The molecule has 1 aliphatic heterocycles. The van der Waals surface area contributed by atoms with Gasteiger partial charge in [0.2, 0.25) is 0 Å². The van der Waals surface area contributed by atoms with Gasteiger partial charge in [0, 0.05) is 12.6 Å². The van der Waals surface area contributed by atoms with E-state index in [9.17, 15) is 14.7 Å². The molecule has 26 heavy (non-hydrogen) atoms. The van der Waals surface area contributed by atoms with Gasteiger partial charge in [0.05, 0.1) is 25.8 Å². The number of likely N-dealkylation sites (tertiary alicyclic amines) is 1. The molecule has 1 N–H and O–H groups in total. The summed E-state index contributed by atoms with van der Waals surface area (Å²) in [6.45, 7) is 0. The van der Waals surface area contributed by atoms with Crippen molar-refractivity contribution >= 4 is 17.4 Å². The van der Waals surface area contributed by atoms with Crippen molar-refractivity contribution in [3.05, 3.63) is 65.2 Å². The number of ketones is 1. The van der Waals surface area contributed by atoms with E-state index in [4.69, 9.17) is 9.47 Å².